The van der Waals surface area contributed by atoms with Crippen molar-refractivity contribution >= 4 is 5.91 Å². The van der Waals surface area contributed by atoms with Crippen molar-refractivity contribution in [2.24, 2.45) is 17.8 Å². The lowest BCUT2D eigenvalue weighted by Crippen LogP contribution is -2.39. The molecule has 0 bridgehead atoms. The van der Waals surface area contributed by atoms with E-state index in [9.17, 15) is 4.79 Å². The Morgan fingerprint density at radius 1 is 1.18 bits per heavy atom. The summed E-state index contributed by atoms with van der Waals surface area (Å²) < 4.78 is 0. The van der Waals surface area contributed by atoms with E-state index in [1.807, 2.05) is 11.9 Å². The molecule has 0 aromatic rings. The maximum Gasteiger partial charge on any atom is 0.226 e. The number of carbonyl (C=O) groups excluding carboxylic acids is 1. The molecule has 3 fully saturated rings. The van der Waals surface area contributed by atoms with E-state index in [4.69, 9.17) is 0 Å². The lowest BCUT2D eigenvalue weighted by Gasteiger charge is -2.21. The number of fused-ring (bicyclic) bond motifs is 1. The molecule has 3 nitrogen and oxygen atoms in total. The molecular weight excluding hydrogens is 212 g/mol. The summed E-state index contributed by atoms with van der Waals surface area (Å²) in [5, 5.41) is 3.47. The van der Waals surface area contributed by atoms with Crippen LogP contribution in [0.3, 0.4) is 0 Å². The zero-order valence-corrected chi connectivity index (χ0v) is 10.8. The van der Waals surface area contributed by atoms with Crippen LogP contribution >= 0.6 is 0 Å². The van der Waals surface area contributed by atoms with Crippen molar-refractivity contribution < 1.29 is 4.79 Å². The van der Waals surface area contributed by atoms with Crippen LogP contribution in [0.4, 0.5) is 0 Å². The van der Waals surface area contributed by atoms with Gasteiger partial charge in [-0.1, -0.05) is 12.8 Å². The Hall–Kier alpha value is -0.570. The zero-order valence-electron chi connectivity index (χ0n) is 10.8. The van der Waals surface area contributed by atoms with Gasteiger partial charge in [-0.05, 0) is 44.1 Å². The molecule has 17 heavy (non-hydrogen) atoms. The predicted molar refractivity (Wildman–Crippen MR) is 67.6 cm³/mol. The molecule has 0 aromatic carbocycles. The fraction of sp³-hybridized carbons (Fsp3) is 0.929. The van der Waals surface area contributed by atoms with Gasteiger partial charge in [-0.2, -0.15) is 0 Å². The first kappa shape index (κ1) is 11.5. The molecule has 0 radical (unpaired) electrons. The van der Waals surface area contributed by atoms with Gasteiger partial charge in [-0.3, -0.25) is 4.79 Å². The second-order valence-corrected chi connectivity index (χ2v) is 6.15. The van der Waals surface area contributed by atoms with E-state index in [-0.39, 0.29) is 0 Å². The number of likely N-dealkylation sites (N-methyl/N-ethyl adjacent to an activating group) is 1. The minimum absolute atomic E-state index is 0.393. The lowest BCUT2D eigenvalue weighted by atomic mass is 10.0. The van der Waals surface area contributed by atoms with Gasteiger partial charge in [0.15, 0.2) is 0 Å². The van der Waals surface area contributed by atoms with E-state index in [1.165, 1.54) is 38.5 Å². The zero-order chi connectivity index (χ0) is 11.8. The molecule has 1 N–H and O–H groups in total. The van der Waals surface area contributed by atoms with Crippen LogP contribution in [0.2, 0.25) is 0 Å². The summed E-state index contributed by atoms with van der Waals surface area (Å²) in [5.41, 5.74) is 0. The molecule has 0 spiro atoms. The number of rotatable bonds is 3. The standard InChI is InChI=1S/C14H24N2O/c1-16(9-10-5-4-8-15-10)14(17)13-11-6-2-3-7-12(11)13/h10-13,15H,2-9H2,1H3. The minimum Gasteiger partial charge on any atom is -0.344 e. The van der Waals surface area contributed by atoms with Crippen LogP contribution in [-0.4, -0.2) is 37.0 Å². The predicted octanol–water partition coefficient (Wildman–Crippen LogP) is 1.63. The fourth-order valence-corrected chi connectivity index (χ4v) is 3.95. The average Bonchev–Trinajstić information content (AvgIpc) is 2.85. The molecule has 1 heterocycles. The van der Waals surface area contributed by atoms with E-state index in [2.05, 4.69) is 5.32 Å². The van der Waals surface area contributed by atoms with E-state index in [1.54, 1.807) is 0 Å². The van der Waals surface area contributed by atoms with Crippen molar-refractivity contribution in [1.82, 2.24) is 10.2 Å². The van der Waals surface area contributed by atoms with Gasteiger partial charge >= 0.3 is 0 Å². The summed E-state index contributed by atoms with van der Waals surface area (Å²) in [5.74, 6) is 2.31. The third-order valence-corrected chi connectivity index (χ3v) is 4.97. The van der Waals surface area contributed by atoms with Crippen molar-refractivity contribution in [1.29, 1.82) is 0 Å². The Balaban J connectivity index is 1.51. The number of hydrogen-bond acceptors (Lipinski definition) is 2. The van der Waals surface area contributed by atoms with E-state index < -0.39 is 0 Å². The van der Waals surface area contributed by atoms with Gasteiger partial charge in [-0.15, -0.1) is 0 Å². The second kappa shape index (κ2) is 4.60. The molecule has 3 heteroatoms. The summed E-state index contributed by atoms with van der Waals surface area (Å²) in [4.78, 5) is 14.3. The maximum atomic E-state index is 12.4. The molecule has 3 rings (SSSR count). The molecular formula is C14H24N2O. The van der Waals surface area contributed by atoms with Crippen molar-refractivity contribution in [2.75, 3.05) is 20.1 Å². The van der Waals surface area contributed by atoms with Crippen molar-refractivity contribution in [2.45, 2.75) is 44.6 Å². The Morgan fingerprint density at radius 2 is 1.88 bits per heavy atom. The molecule has 3 aliphatic rings. The minimum atomic E-state index is 0.393. The topological polar surface area (TPSA) is 32.3 Å². The van der Waals surface area contributed by atoms with Crippen LogP contribution in [-0.2, 0) is 4.79 Å². The molecule has 1 aliphatic heterocycles. The van der Waals surface area contributed by atoms with Crippen LogP contribution in [0.15, 0.2) is 0 Å². The number of hydrogen-bond donors (Lipinski definition) is 1. The summed E-state index contributed by atoms with van der Waals surface area (Å²) in [7, 11) is 1.99. The summed E-state index contributed by atoms with van der Waals surface area (Å²) in [6, 6.07) is 0.546. The van der Waals surface area contributed by atoms with Gasteiger partial charge in [-0.25, -0.2) is 0 Å². The number of amides is 1. The molecule has 96 valence electrons. The smallest absolute Gasteiger partial charge is 0.226 e. The van der Waals surface area contributed by atoms with Gasteiger partial charge < -0.3 is 10.2 Å². The molecule has 2 aliphatic carbocycles. The van der Waals surface area contributed by atoms with Gasteiger partial charge in [0, 0.05) is 25.6 Å². The average molecular weight is 236 g/mol. The Bertz CT molecular complexity index is 287. The van der Waals surface area contributed by atoms with E-state index >= 15 is 0 Å². The summed E-state index contributed by atoms with van der Waals surface area (Å²) >= 11 is 0. The highest BCUT2D eigenvalue weighted by Gasteiger charge is 2.55. The van der Waals surface area contributed by atoms with Gasteiger partial charge in [0.1, 0.15) is 0 Å². The first-order chi connectivity index (χ1) is 8.27. The summed E-state index contributed by atoms with van der Waals surface area (Å²) in [6.45, 7) is 2.04. The first-order valence-electron chi connectivity index (χ1n) is 7.26. The first-order valence-corrected chi connectivity index (χ1v) is 7.26. The maximum absolute atomic E-state index is 12.4. The molecule has 2 saturated carbocycles. The van der Waals surface area contributed by atoms with E-state index in [0.717, 1.165) is 24.9 Å². The quantitative estimate of drug-likeness (QED) is 0.808. The van der Waals surface area contributed by atoms with E-state index in [0.29, 0.717) is 17.9 Å². The second-order valence-electron chi connectivity index (χ2n) is 6.15. The van der Waals surface area contributed by atoms with Crippen LogP contribution in [0.1, 0.15) is 38.5 Å². The number of nitrogens with zero attached hydrogens (tertiary/aromatic N) is 1. The third-order valence-electron chi connectivity index (χ3n) is 4.97. The van der Waals surface area contributed by atoms with Gasteiger partial charge in [0.25, 0.3) is 0 Å². The molecule has 3 atom stereocenters. The Morgan fingerprint density at radius 3 is 2.47 bits per heavy atom. The van der Waals surface area contributed by atoms with Crippen LogP contribution in [0, 0.1) is 17.8 Å². The lowest BCUT2D eigenvalue weighted by molar-refractivity contribution is -0.132. The normalized spacial score (nSPS) is 39.8. The summed E-state index contributed by atoms with van der Waals surface area (Å²) in [6.07, 6.45) is 7.79. The number of carbonyl (C=O) groups is 1. The Labute approximate surface area is 104 Å². The van der Waals surface area contributed by atoms with Crippen molar-refractivity contribution in [3.63, 3.8) is 0 Å². The Kier molecular flexibility index (Phi) is 3.12. The van der Waals surface area contributed by atoms with Crippen LogP contribution in [0.25, 0.3) is 0 Å². The highest BCUT2D eigenvalue weighted by Crippen LogP contribution is 2.55. The fourth-order valence-electron chi connectivity index (χ4n) is 3.95. The monoisotopic (exact) mass is 236 g/mol. The van der Waals surface area contributed by atoms with Gasteiger partial charge in [0.05, 0.1) is 0 Å². The molecule has 0 aromatic heterocycles. The number of nitrogens with one attached hydrogen (secondary N) is 1. The molecule has 3 unspecified atom stereocenters. The van der Waals surface area contributed by atoms with Crippen LogP contribution < -0.4 is 5.32 Å². The largest absolute Gasteiger partial charge is 0.344 e. The van der Waals surface area contributed by atoms with Crippen molar-refractivity contribution in [3.05, 3.63) is 0 Å². The molecule has 1 saturated heterocycles. The SMILES string of the molecule is CN(CC1CCCN1)C(=O)C1C2CCCCC21. The third kappa shape index (κ3) is 2.22. The highest BCUT2D eigenvalue weighted by molar-refractivity contribution is 5.82. The van der Waals surface area contributed by atoms with Crippen LogP contribution in [0.5, 0.6) is 0 Å². The van der Waals surface area contributed by atoms with Gasteiger partial charge in [0.2, 0.25) is 5.91 Å². The van der Waals surface area contributed by atoms with Crippen molar-refractivity contribution in [3.8, 4) is 0 Å². The molecule has 1 amide bonds. The highest BCUT2D eigenvalue weighted by atomic mass is 16.2.